The van der Waals surface area contributed by atoms with Crippen LogP contribution in [0.5, 0.6) is 0 Å². The fraction of sp³-hybridized carbons (Fsp3) is 0.727. The van der Waals surface area contributed by atoms with E-state index in [1.54, 1.807) is 5.57 Å². The minimum absolute atomic E-state index is 0.122. The van der Waals surface area contributed by atoms with Crippen LogP contribution in [0.1, 0.15) is 38.5 Å². The Hall–Kier alpha value is -0.830. The molecule has 2 aliphatic rings. The highest BCUT2D eigenvalue weighted by Crippen LogP contribution is 2.32. The van der Waals surface area contributed by atoms with E-state index in [1.807, 2.05) is 0 Å². The Morgan fingerprint density at radius 2 is 2.14 bits per heavy atom. The smallest absolute Gasteiger partial charge is 0.305 e. The number of rotatable bonds is 2. The maximum atomic E-state index is 10.7. The third kappa shape index (κ3) is 1.98. The van der Waals surface area contributed by atoms with E-state index in [9.17, 15) is 4.79 Å². The van der Waals surface area contributed by atoms with Crippen molar-refractivity contribution in [3.63, 3.8) is 0 Å². The highest BCUT2D eigenvalue weighted by atomic mass is 16.4. The molecule has 3 heteroatoms. The van der Waals surface area contributed by atoms with Crippen molar-refractivity contribution in [1.82, 2.24) is 5.32 Å². The van der Waals surface area contributed by atoms with Gasteiger partial charge in [-0.1, -0.05) is 11.1 Å². The first kappa shape index (κ1) is 9.71. The van der Waals surface area contributed by atoms with Gasteiger partial charge in [0, 0.05) is 6.04 Å². The van der Waals surface area contributed by atoms with Gasteiger partial charge in [0.1, 0.15) is 0 Å². The lowest BCUT2D eigenvalue weighted by molar-refractivity contribution is -0.137. The second kappa shape index (κ2) is 4.13. The molecule has 0 fully saturated rings. The van der Waals surface area contributed by atoms with Crippen LogP contribution in [0.3, 0.4) is 0 Å². The van der Waals surface area contributed by atoms with E-state index < -0.39 is 5.97 Å². The van der Waals surface area contributed by atoms with Gasteiger partial charge in [0.15, 0.2) is 0 Å². The van der Waals surface area contributed by atoms with Crippen molar-refractivity contribution in [3.8, 4) is 0 Å². The molecule has 3 nitrogen and oxygen atoms in total. The summed E-state index contributed by atoms with van der Waals surface area (Å²) in [6.45, 7) is 0.955. The Morgan fingerprint density at radius 3 is 2.93 bits per heavy atom. The molecule has 0 bridgehead atoms. The summed E-state index contributed by atoms with van der Waals surface area (Å²) >= 11 is 0. The van der Waals surface area contributed by atoms with Crippen LogP contribution in [0.4, 0.5) is 0 Å². The average molecular weight is 195 g/mol. The molecule has 0 aromatic heterocycles. The van der Waals surface area contributed by atoms with Crippen molar-refractivity contribution in [3.05, 3.63) is 11.1 Å². The standard InChI is InChI=1S/C11H17NO2/c13-11(14)7-10-9-4-2-1-3-8(9)5-6-12-10/h10,12H,1-7H2,(H,13,14). The number of carboxylic acids is 1. The minimum Gasteiger partial charge on any atom is -0.481 e. The van der Waals surface area contributed by atoms with Crippen molar-refractivity contribution < 1.29 is 9.90 Å². The number of hydrogen-bond acceptors (Lipinski definition) is 2. The molecule has 0 amide bonds. The van der Waals surface area contributed by atoms with Crippen LogP contribution in [-0.2, 0) is 4.79 Å². The Labute approximate surface area is 84.2 Å². The normalized spacial score (nSPS) is 27.3. The van der Waals surface area contributed by atoms with Gasteiger partial charge in [-0.25, -0.2) is 0 Å². The lowest BCUT2D eigenvalue weighted by Crippen LogP contribution is -2.39. The van der Waals surface area contributed by atoms with Crippen LogP contribution >= 0.6 is 0 Å². The van der Waals surface area contributed by atoms with Crippen LogP contribution in [0, 0.1) is 0 Å². The predicted octanol–water partition coefficient (Wildman–Crippen LogP) is 1.69. The summed E-state index contributed by atoms with van der Waals surface area (Å²) in [5.41, 5.74) is 2.95. The van der Waals surface area contributed by atoms with Crippen LogP contribution in [0.15, 0.2) is 11.1 Å². The molecule has 2 N–H and O–H groups in total. The third-order valence-corrected chi connectivity index (χ3v) is 3.25. The van der Waals surface area contributed by atoms with Crippen molar-refractivity contribution in [1.29, 1.82) is 0 Å². The van der Waals surface area contributed by atoms with Gasteiger partial charge in [0.25, 0.3) is 0 Å². The molecule has 1 aliphatic carbocycles. The first-order valence-electron chi connectivity index (χ1n) is 5.43. The van der Waals surface area contributed by atoms with Gasteiger partial charge in [-0.3, -0.25) is 4.79 Å². The molecule has 1 heterocycles. The Bertz CT molecular complexity index is 266. The van der Waals surface area contributed by atoms with E-state index in [4.69, 9.17) is 5.11 Å². The molecule has 0 aromatic rings. The van der Waals surface area contributed by atoms with E-state index in [0.29, 0.717) is 0 Å². The second-order valence-corrected chi connectivity index (χ2v) is 4.19. The summed E-state index contributed by atoms with van der Waals surface area (Å²) in [5, 5.41) is 12.1. The van der Waals surface area contributed by atoms with E-state index in [0.717, 1.165) is 19.4 Å². The number of nitrogens with one attached hydrogen (secondary N) is 1. The Kier molecular flexibility index (Phi) is 2.87. The molecule has 0 aromatic carbocycles. The highest BCUT2D eigenvalue weighted by Gasteiger charge is 2.25. The molecule has 2 rings (SSSR count). The third-order valence-electron chi connectivity index (χ3n) is 3.25. The number of aliphatic carboxylic acids is 1. The molecule has 0 radical (unpaired) electrons. The van der Waals surface area contributed by atoms with E-state index in [2.05, 4.69) is 5.32 Å². The van der Waals surface area contributed by atoms with Crippen molar-refractivity contribution in [2.45, 2.75) is 44.6 Å². The zero-order chi connectivity index (χ0) is 9.97. The summed E-state index contributed by atoms with van der Waals surface area (Å²) < 4.78 is 0. The van der Waals surface area contributed by atoms with Crippen LogP contribution < -0.4 is 5.32 Å². The van der Waals surface area contributed by atoms with Crippen LogP contribution in [0.2, 0.25) is 0 Å². The Balaban J connectivity index is 2.12. The fourth-order valence-electron chi connectivity index (χ4n) is 2.59. The van der Waals surface area contributed by atoms with E-state index >= 15 is 0 Å². The molecule has 1 aliphatic heterocycles. The second-order valence-electron chi connectivity index (χ2n) is 4.19. The van der Waals surface area contributed by atoms with Crippen molar-refractivity contribution in [2.75, 3.05) is 6.54 Å². The van der Waals surface area contributed by atoms with Gasteiger partial charge in [-0.15, -0.1) is 0 Å². The molecule has 0 saturated heterocycles. The van der Waals surface area contributed by atoms with Gasteiger partial charge in [-0.2, -0.15) is 0 Å². The summed E-state index contributed by atoms with van der Waals surface area (Å²) in [5.74, 6) is -0.693. The first-order chi connectivity index (χ1) is 6.77. The molecule has 78 valence electrons. The molecular weight excluding hydrogens is 178 g/mol. The largest absolute Gasteiger partial charge is 0.481 e. The average Bonchev–Trinajstić information content (AvgIpc) is 2.18. The molecule has 1 atom stereocenters. The van der Waals surface area contributed by atoms with Crippen LogP contribution in [0.25, 0.3) is 0 Å². The predicted molar refractivity (Wildman–Crippen MR) is 54.2 cm³/mol. The summed E-state index contributed by atoms with van der Waals surface area (Å²) in [7, 11) is 0. The first-order valence-corrected chi connectivity index (χ1v) is 5.43. The molecule has 0 saturated carbocycles. The van der Waals surface area contributed by atoms with E-state index in [1.165, 1.54) is 24.8 Å². The van der Waals surface area contributed by atoms with Crippen LogP contribution in [-0.4, -0.2) is 23.7 Å². The summed E-state index contributed by atoms with van der Waals surface area (Å²) in [6.07, 6.45) is 6.22. The number of carboxylic acid groups (broad SMARTS) is 1. The van der Waals surface area contributed by atoms with Crippen molar-refractivity contribution in [2.24, 2.45) is 0 Å². The topological polar surface area (TPSA) is 49.3 Å². The zero-order valence-electron chi connectivity index (χ0n) is 8.38. The SMILES string of the molecule is O=C(O)CC1NCCC2=C1CCCC2. The summed E-state index contributed by atoms with van der Waals surface area (Å²) in [6, 6.07) is 0.122. The maximum Gasteiger partial charge on any atom is 0.305 e. The lowest BCUT2D eigenvalue weighted by atomic mass is 9.82. The highest BCUT2D eigenvalue weighted by molar-refractivity contribution is 5.68. The maximum absolute atomic E-state index is 10.7. The Morgan fingerprint density at radius 1 is 1.36 bits per heavy atom. The van der Waals surface area contributed by atoms with Crippen molar-refractivity contribution >= 4 is 5.97 Å². The zero-order valence-corrected chi connectivity index (χ0v) is 8.38. The number of carbonyl (C=O) groups is 1. The van der Waals surface area contributed by atoms with Gasteiger partial charge in [-0.05, 0) is 38.6 Å². The summed E-state index contributed by atoms with van der Waals surface area (Å²) in [4.78, 5) is 10.7. The fourth-order valence-corrected chi connectivity index (χ4v) is 2.59. The van der Waals surface area contributed by atoms with Gasteiger partial charge >= 0.3 is 5.97 Å². The number of hydrogen-bond donors (Lipinski definition) is 2. The van der Waals surface area contributed by atoms with Gasteiger partial charge in [0.05, 0.1) is 6.42 Å². The molecular formula is C11H17NO2. The van der Waals surface area contributed by atoms with Gasteiger partial charge in [0.2, 0.25) is 0 Å². The lowest BCUT2D eigenvalue weighted by Gasteiger charge is -2.32. The molecule has 14 heavy (non-hydrogen) atoms. The minimum atomic E-state index is -0.693. The quantitative estimate of drug-likeness (QED) is 0.659. The monoisotopic (exact) mass is 195 g/mol. The van der Waals surface area contributed by atoms with E-state index in [-0.39, 0.29) is 12.5 Å². The van der Waals surface area contributed by atoms with Gasteiger partial charge < -0.3 is 10.4 Å². The molecule has 1 unspecified atom stereocenters. The molecule has 0 spiro atoms.